The van der Waals surface area contributed by atoms with E-state index in [1.807, 2.05) is 24.3 Å². The van der Waals surface area contributed by atoms with Gasteiger partial charge < -0.3 is 15.1 Å². The van der Waals surface area contributed by atoms with Gasteiger partial charge in [-0.05, 0) is 44.7 Å². The van der Waals surface area contributed by atoms with Crippen LogP contribution >= 0.6 is 23.2 Å². The number of benzene rings is 1. The largest absolute Gasteiger partial charge is 0.369 e. The lowest BCUT2D eigenvalue weighted by atomic mass is 10.1. The molecule has 6 heteroatoms. The number of piperazine rings is 1. The molecule has 0 bridgehead atoms. The first-order chi connectivity index (χ1) is 10.3. The second-order valence-electron chi connectivity index (χ2n) is 6.50. The Morgan fingerprint density at radius 1 is 1.14 bits per heavy atom. The fourth-order valence-corrected chi connectivity index (χ4v) is 3.44. The van der Waals surface area contributed by atoms with Gasteiger partial charge in [-0.3, -0.25) is 4.79 Å². The SMILES string of the molecule is CN1CCN(c2ccc(NC(=O)[C@@]3(C)CC3(Cl)Cl)cc2)CC1. The molecule has 2 fully saturated rings. The zero-order valence-electron chi connectivity index (χ0n) is 12.9. The molecule has 0 radical (unpaired) electrons. The predicted molar refractivity (Wildman–Crippen MR) is 91.9 cm³/mol. The molecule has 2 aliphatic rings. The molecule has 1 aliphatic heterocycles. The number of nitrogens with one attached hydrogen (secondary N) is 1. The second kappa shape index (κ2) is 5.59. The summed E-state index contributed by atoms with van der Waals surface area (Å²) < 4.78 is -0.934. The lowest BCUT2D eigenvalue weighted by Crippen LogP contribution is -2.44. The Morgan fingerprint density at radius 2 is 1.68 bits per heavy atom. The molecule has 1 aromatic rings. The Bertz CT molecular complexity index is 567. The molecule has 22 heavy (non-hydrogen) atoms. The predicted octanol–water partition coefficient (Wildman–Crippen LogP) is 2.96. The van der Waals surface area contributed by atoms with Crippen molar-refractivity contribution in [2.24, 2.45) is 5.41 Å². The van der Waals surface area contributed by atoms with E-state index in [2.05, 4.69) is 22.2 Å². The molecule has 1 heterocycles. The summed E-state index contributed by atoms with van der Waals surface area (Å²) in [6, 6.07) is 7.96. The number of alkyl halides is 2. The van der Waals surface area contributed by atoms with Crippen LogP contribution in [0.5, 0.6) is 0 Å². The van der Waals surface area contributed by atoms with Crippen LogP contribution in [-0.2, 0) is 4.79 Å². The Hall–Kier alpha value is -0.970. The van der Waals surface area contributed by atoms with Gasteiger partial charge in [0.2, 0.25) is 5.91 Å². The molecule has 0 spiro atoms. The van der Waals surface area contributed by atoms with Gasteiger partial charge in [0.25, 0.3) is 0 Å². The van der Waals surface area contributed by atoms with E-state index in [1.54, 1.807) is 6.92 Å². The maximum Gasteiger partial charge on any atom is 0.233 e. The Kier molecular flexibility index (Phi) is 4.04. The lowest BCUT2D eigenvalue weighted by Gasteiger charge is -2.34. The van der Waals surface area contributed by atoms with Crippen LogP contribution in [0.25, 0.3) is 0 Å². The first kappa shape index (κ1) is 15.9. The monoisotopic (exact) mass is 341 g/mol. The van der Waals surface area contributed by atoms with Crippen LogP contribution in [0, 0.1) is 5.41 Å². The summed E-state index contributed by atoms with van der Waals surface area (Å²) in [4.78, 5) is 16.9. The lowest BCUT2D eigenvalue weighted by molar-refractivity contribution is -0.120. The van der Waals surface area contributed by atoms with Crippen LogP contribution in [0.4, 0.5) is 11.4 Å². The summed E-state index contributed by atoms with van der Waals surface area (Å²) in [5.74, 6) is -0.121. The minimum atomic E-state index is -0.934. The highest BCUT2D eigenvalue weighted by Crippen LogP contribution is 2.64. The van der Waals surface area contributed by atoms with Crippen LogP contribution in [0.2, 0.25) is 0 Å². The highest BCUT2D eigenvalue weighted by molar-refractivity contribution is 6.53. The molecule has 1 saturated carbocycles. The van der Waals surface area contributed by atoms with Crippen molar-refractivity contribution in [2.75, 3.05) is 43.4 Å². The van der Waals surface area contributed by atoms with Gasteiger partial charge in [-0.15, -0.1) is 23.2 Å². The first-order valence-electron chi connectivity index (χ1n) is 7.55. The number of nitrogens with zero attached hydrogens (tertiary/aromatic N) is 2. The maximum atomic E-state index is 12.2. The smallest absolute Gasteiger partial charge is 0.233 e. The normalized spacial score (nSPS) is 27.5. The molecule has 1 aliphatic carbocycles. The van der Waals surface area contributed by atoms with Gasteiger partial charge in [-0.25, -0.2) is 0 Å². The standard InChI is InChI=1S/C16H21Cl2N3O/c1-15(11-16(15,17)18)14(22)19-12-3-5-13(6-4-12)21-9-7-20(2)8-10-21/h3-6H,7-11H2,1-2H3,(H,19,22)/t15-/m1/s1. The van der Waals surface area contributed by atoms with Crippen LogP contribution in [0.1, 0.15) is 13.3 Å². The number of carbonyl (C=O) groups is 1. The van der Waals surface area contributed by atoms with Crippen LogP contribution in [0.3, 0.4) is 0 Å². The summed E-state index contributed by atoms with van der Waals surface area (Å²) in [6.45, 7) is 6.00. The van der Waals surface area contributed by atoms with Crippen molar-refractivity contribution in [1.29, 1.82) is 0 Å². The Balaban J connectivity index is 1.61. The van der Waals surface area contributed by atoms with E-state index in [4.69, 9.17) is 23.2 Å². The average molecular weight is 342 g/mol. The third-order valence-corrected chi connectivity index (χ3v) is 5.85. The van der Waals surface area contributed by atoms with Crippen molar-refractivity contribution in [1.82, 2.24) is 4.90 Å². The van der Waals surface area contributed by atoms with Crippen LogP contribution < -0.4 is 10.2 Å². The molecule has 1 saturated heterocycles. The van der Waals surface area contributed by atoms with Crippen molar-refractivity contribution < 1.29 is 4.79 Å². The molecule has 1 aromatic carbocycles. The van der Waals surface area contributed by atoms with Crippen molar-refractivity contribution in [2.45, 2.75) is 17.7 Å². The number of hydrogen-bond donors (Lipinski definition) is 1. The molecule has 1 amide bonds. The molecule has 0 aromatic heterocycles. The van der Waals surface area contributed by atoms with Gasteiger partial charge in [0, 0.05) is 37.6 Å². The van der Waals surface area contributed by atoms with Crippen molar-refractivity contribution in [3.63, 3.8) is 0 Å². The second-order valence-corrected chi connectivity index (χ2v) is 7.99. The number of rotatable bonds is 3. The fourth-order valence-electron chi connectivity index (χ4n) is 2.74. The summed E-state index contributed by atoms with van der Waals surface area (Å²) in [5.41, 5.74) is 1.28. The third-order valence-electron chi connectivity index (χ3n) is 4.75. The average Bonchev–Trinajstić information content (AvgIpc) is 3.01. The van der Waals surface area contributed by atoms with E-state index in [9.17, 15) is 4.79 Å². The van der Waals surface area contributed by atoms with E-state index >= 15 is 0 Å². The van der Waals surface area contributed by atoms with Crippen LogP contribution in [0.15, 0.2) is 24.3 Å². The van der Waals surface area contributed by atoms with Crippen LogP contribution in [-0.4, -0.2) is 48.4 Å². The first-order valence-corrected chi connectivity index (χ1v) is 8.30. The molecular weight excluding hydrogens is 321 g/mol. The quantitative estimate of drug-likeness (QED) is 0.858. The Labute approximate surface area is 141 Å². The van der Waals surface area contributed by atoms with Crippen molar-refractivity contribution >= 4 is 40.5 Å². The third kappa shape index (κ3) is 2.92. The fraction of sp³-hybridized carbons (Fsp3) is 0.562. The van der Waals surface area contributed by atoms with Gasteiger partial charge in [0.1, 0.15) is 4.33 Å². The van der Waals surface area contributed by atoms with E-state index in [0.29, 0.717) is 6.42 Å². The number of hydrogen-bond acceptors (Lipinski definition) is 3. The summed E-state index contributed by atoms with van der Waals surface area (Å²) in [6.07, 6.45) is 0.494. The summed E-state index contributed by atoms with van der Waals surface area (Å²) in [5, 5.41) is 2.90. The van der Waals surface area contributed by atoms with E-state index < -0.39 is 9.75 Å². The molecule has 0 unspecified atom stereocenters. The summed E-state index contributed by atoms with van der Waals surface area (Å²) in [7, 11) is 2.14. The molecule has 1 N–H and O–H groups in total. The number of amides is 1. The minimum absolute atomic E-state index is 0.121. The maximum absolute atomic E-state index is 12.2. The molecule has 120 valence electrons. The van der Waals surface area contributed by atoms with Gasteiger partial charge >= 0.3 is 0 Å². The van der Waals surface area contributed by atoms with Crippen molar-refractivity contribution in [3.8, 4) is 0 Å². The van der Waals surface area contributed by atoms with Gasteiger partial charge in [-0.2, -0.15) is 0 Å². The highest BCUT2D eigenvalue weighted by Gasteiger charge is 2.67. The minimum Gasteiger partial charge on any atom is -0.369 e. The molecule has 3 rings (SSSR count). The zero-order valence-corrected chi connectivity index (χ0v) is 14.4. The highest BCUT2D eigenvalue weighted by atomic mass is 35.5. The Morgan fingerprint density at radius 3 is 2.18 bits per heavy atom. The van der Waals surface area contributed by atoms with Gasteiger partial charge in [-0.1, -0.05) is 0 Å². The molecular formula is C16H21Cl2N3O. The topological polar surface area (TPSA) is 35.6 Å². The van der Waals surface area contributed by atoms with Crippen molar-refractivity contribution in [3.05, 3.63) is 24.3 Å². The molecule has 4 nitrogen and oxygen atoms in total. The van der Waals surface area contributed by atoms with Gasteiger partial charge in [0.15, 0.2) is 0 Å². The summed E-state index contributed by atoms with van der Waals surface area (Å²) >= 11 is 12.1. The van der Waals surface area contributed by atoms with E-state index in [1.165, 1.54) is 5.69 Å². The number of carbonyl (C=O) groups excluding carboxylic acids is 1. The van der Waals surface area contributed by atoms with E-state index in [0.717, 1.165) is 31.9 Å². The zero-order chi connectivity index (χ0) is 16.0. The number of anilines is 2. The number of likely N-dealkylation sites (N-methyl/N-ethyl adjacent to an activating group) is 1. The molecule has 1 atom stereocenters. The van der Waals surface area contributed by atoms with Gasteiger partial charge in [0.05, 0.1) is 5.41 Å². The number of halogens is 2. The van der Waals surface area contributed by atoms with E-state index in [-0.39, 0.29) is 5.91 Å².